The van der Waals surface area contributed by atoms with Crippen molar-refractivity contribution in [2.45, 2.75) is 51.0 Å². The second kappa shape index (κ2) is 7.30. The summed E-state index contributed by atoms with van der Waals surface area (Å²) in [6.45, 7) is 6.79. The number of hydrogen-bond donors (Lipinski definition) is 0. The first-order valence-electron chi connectivity index (χ1n) is 9.99. The molecule has 1 saturated carbocycles. The molecule has 5 heteroatoms. The molecule has 1 amide bonds. The monoisotopic (exact) mass is 336 g/mol. The van der Waals surface area contributed by atoms with Crippen LogP contribution in [-0.2, 0) is 14.3 Å². The van der Waals surface area contributed by atoms with Crippen molar-refractivity contribution in [2.24, 2.45) is 11.3 Å². The molecule has 0 N–H and O–H groups in total. The zero-order valence-corrected chi connectivity index (χ0v) is 14.9. The zero-order valence-electron chi connectivity index (χ0n) is 14.9. The number of carbonyl (C=O) groups is 1. The summed E-state index contributed by atoms with van der Waals surface area (Å²) in [6.07, 6.45) is 8.99. The van der Waals surface area contributed by atoms with Crippen molar-refractivity contribution in [3.63, 3.8) is 0 Å². The number of carbonyl (C=O) groups excluding carboxylic acids is 1. The Morgan fingerprint density at radius 2 is 1.79 bits per heavy atom. The van der Waals surface area contributed by atoms with Crippen molar-refractivity contribution >= 4 is 5.91 Å². The molecule has 0 aromatic rings. The Balaban J connectivity index is 1.45. The van der Waals surface area contributed by atoms with Crippen LogP contribution in [0.15, 0.2) is 0 Å². The Bertz CT molecular complexity index is 446. The minimum atomic E-state index is -0.287. The fourth-order valence-electron chi connectivity index (χ4n) is 5.31. The molecule has 4 rings (SSSR count). The van der Waals surface area contributed by atoms with E-state index >= 15 is 0 Å². The molecule has 5 nitrogen and oxygen atoms in total. The summed E-state index contributed by atoms with van der Waals surface area (Å²) < 4.78 is 11.4. The average molecular weight is 336 g/mol. The number of nitrogens with zero attached hydrogens (tertiary/aromatic N) is 2. The maximum Gasteiger partial charge on any atom is 0.232 e. The molecule has 3 heterocycles. The van der Waals surface area contributed by atoms with Crippen LogP contribution < -0.4 is 0 Å². The third kappa shape index (κ3) is 3.23. The normalized spacial score (nSPS) is 35.8. The SMILES string of the molecule is O=C(N1CCOCC1)[C@@]12CCO[C@@H]1CCN(CC1CCCCC1)C2. The standard InChI is InChI=1S/C19H32N2O3/c22-18(21-9-12-23-13-10-21)19-7-11-24-17(19)6-8-20(15-19)14-16-4-2-1-3-5-16/h16-17H,1-15H2/t17-,19-/m1/s1. The lowest BCUT2D eigenvalue weighted by molar-refractivity contribution is -0.155. The Morgan fingerprint density at radius 3 is 2.58 bits per heavy atom. The van der Waals surface area contributed by atoms with E-state index in [1.165, 1.54) is 38.6 Å². The van der Waals surface area contributed by atoms with Crippen molar-refractivity contribution in [3.8, 4) is 0 Å². The molecule has 136 valence electrons. The minimum absolute atomic E-state index is 0.135. The van der Waals surface area contributed by atoms with Gasteiger partial charge in [0.25, 0.3) is 0 Å². The molecule has 0 aromatic heterocycles. The number of rotatable bonds is 3. The number of morpholine rings is 1. The van der Waals surface area contributed by atoms with E-state index in [2.05, 4.69) is 4.90 Å². The summed E-state index contributed by atoms with van der Waals surface area (Å²) in [4.78, 5) is 18.0. The van der Waals surface area contributed by atoms with Gasteiger partial charge >= 0.3 is 0 Å². The van der Waals surface area contributed by atoms with Crippen molar-refractivity contribution < 1.29 is 14.3 Å². The molecule has 4 fully saturated rings. The van der Waals surface area contributed by atoms with Gasteiger partial charge in [0.05, 0.1) is 24.7 Å². The van der Waals surface area contributed by atoms with Crippen LogP contribution in [0.2, 0.25) is 0 Å². The molecule has 0 bridgehead atoms. The van der Waals surface area contributed by atoms with E-state index in [9.17, 15) is 4.79 Å². The smallest absolute Gasteiger partial charge is 0.232 e. The fraction of sp³-hybridized carbons (Fsp3) is 0.947. The first-order valence-corrected chi connectivity index (χ1v) is 9.99. The minimum Gasteiger partial charge on any atom is -0.378 e. The summed E-state index contributed by atoms with van der Waals surface area (Å²) in [5.74, 6) is 1.18. The lowest BCUT2D eigenvalue weighted by Gasteiger charge is -2.46. The van der Waals surface area contributed by atoms with Crippen LogP contribution >= 0.6 is 0 Å². The van der Waals surface area contributed by atoms with E-state index in [0.717, 1.165) is 51.5 Å². The average Bonchev–Trinajstić information content (AvgIpc) is 3.07. The second-order valence-electron chi connectivity index (χ2n) is 8.20. The molecular weight excluding hydrogens is 304 g/mol. The summed E-state index contributed by atoms with van der Waals surface area (Å²) in [5, 5.41) is 0. The van der Waals surface area contributed by atoms with Crippen molar-refractivity contribution in [3.05, 3.63) is 0 Å². The topological polar surface area (TPSA) is 42.0 Å². The van der Waals surface area contributed by atoms with Gasteiger partial charge in [-0.1, -0.05) is 19.3 Å². The molecule has 0 aromatic carbocycles. The Morgan fingerprint density at radius 1 is 1.00 bits per heavy atom. The summed E-state index contributed by atoms with van der Waals surface area (Å²) in [6, 6.07) is 0. The largest absolute Gasteiger partial charge is 0.378 e. The van der Waals surface area contributed by atoms with Gasteiger partial charge in [-0.2, -0.15) is 0 Å². The fourth-order valence-corrected chi connectivity index (χ4v) is 5.31. The summed E-state index contributed by atoms with van der Waals surface area (Å²) in [5.41, 5.74) is -0.287. The van der Waals surface area contributed by atoms with Gasteiger partial charge in [0.1, 0.15) is 0 Å². The Hall–Kier alpha value is -0.650. The number of ether oxygens (including phenoxy) is 2. The van der Waals surface area contributed by atoms with Gasteiger partial charge in [0, 0.05) is 39.3 Å². The second-order valence-corrected chi connectivity index (χ2v) is 8.20. The maximum atomic E-state index is 13.4. The van der Waals surface area contributed by atoms with Gasteiger partial charge in [-0.05, 0) is 31.6 Å². The summed E-state index contributed by atoms with van der Waals surface area (Å²) in [7, 11) is 0. The van der Waals surface area contributed by atoms with E-state index in [-0.39, 0.29) is 11.5 Å². The number of amides is 1. The number of piperidine rings is 1. The van der Waals surface area contributed by atoms with Gasteiger partial charge in [0.2, 0.25) is 5.91 Å². The predicted molar refractivity (Wildman–Crippen MR) is 91.8 cm³/mol. The quantitative estimate of drug-likeness (QED) is 0.789. The molecule has 3 aliphatic heterocycles. The number of likely N-dealkylation sites (tertiary alicyclic amines) is 1. The maximum absolute atomic E-state index is 13.4. The molecule has 0 radical (unpaired) electrons. The zero-order chi connectivity index (χ0) is 16.4. The van der Waals surface area contributed by atoms with Crippen molar-refractivity contribution in [1.82, 2.24) is 9.80 Å². The molecule has 1 aliphatic carbocycles. The molecule has 2 atom stereocenters. The van der Waals surface area contributed by atoms with E-state index in [1.807, 2.05) is 4.90 Å². The van der Waals surface area contributed by atoms with E-state index in [4.69, 9.17) is 9.47 Å². The molecule has 24 heavy (non-hydrogen) atoms. The van der Waals surface area contributed by atoms with Crippen LogP contribution in [0.4, 0.5) is 0 Å². The van der Waals surface area contributed by atoms with Crippen LogP contribution in [-0.4, -0.2) is 74.4 Å². The van der Waals surface area contributed by atoms with Gasteiger partial charge in [-0.3, -0.25) is 4.79 Å². The van der Waals surface area contributed by atoms with E-state index in [1.54, 1.807) is 0 Å². The van der Waals surface area contributed by atoms with Crippen LogP contribution in [0.5, 0.6) is 0 Å². The third-order valence-electron chi connectivity index (χ3n) is 6.66. The Labute approximate surface area is 145 Å². The highest BCUT2D eigenvalue weighted by molar-refractivity contribution is 5.84. The third-order valence-corrected chi connectivity index (χ3v) is 6.66. The molecule has 0 unspecified atom stereocenters. The Kier molecular flexibility index (Phi) is 5.11. The van der Waals surface area contributed by atoms with Gasteiger partial charge < -0.3 is 19.3 Å². The van der Waals surface area contributed by atoms with Crippen LogP contribution in [0.3, 0.4) is 0 Å². The highest BCUT2D eigenvalue weighted by Gasteiger charge is 2.54. The van der Waals surface area contributed by atoms with Crippen molar-refractivity contribution in [2.75, 3.05) is 52.5 Å². The number of hydrogen-bond acceptors (Lipinski definition) is 4. The first-order chi connectivity index (χ1) is 11.8. The predicted octanol–water partition coefficient (Wildman–Crippen LogP) is 1.91. The van der Waals surface area contributed by atoms with Gasteiger partial charge in [-0.15, -0.1) is 0 Å². The number of fused-ring (bicyclic) bond motifs is 1. The van der Waals surface area contributed by atoms with Crippen molar-refractivity contribution in [1.29, 1.82) is 0 Å². The molecule has 0 spiro atoms. The van der Waals surface area contributed by atoms with Crippen LogP contribution in [0.1, 0.15) is 44.9 Å². The van der Waals surface area contributed by atoms with E-state index < -0.39 is 0 Å². The van der Waals surface area contributed by atoms with Gasteiger partial charge in [0.15, 0.2) is 0 Å². The highest BCUT2D eigenvalue weighted by atomic mass is 16.5. The highest BCUT2D eigenvalue weighted by Crippen LogP contribution is 2.43. The lowest BCUT2D eigenvalue weighted by Crippen LogP contribution is -2.59. The molecular formula is C19H32N2O3. The van der Waals surface area contributed by atoms with Crippen LogP contribution in [0.25, 0.3) is 0 Å². The lowest BCUT2D eigenvalue weighted by atomic mass is 9.74. The van der Waals surface area contributed by atoms with E-state index in [0.29, 0.717) is 19.1 Å². The van der Waals surface area contributed by atoms with Gasteiger partial charge in [-0.25, -0.2) is 0 Å². The summed E-state index contributed by atoms with van der Waals surface area (Å²) >= 11 is 0. The first kappa shape index (κ1) is 16.8. The van der Waals surface area contributed by atoms with Crippen LogP contribution in [0, 0.1) is 11.3 Å². The molecule has 4 aliphatic rings. The molecule has 3 saturated heterocycles.